The van der Waals surface area contributed by atoms with Crippen LogP contribution in [0, 0.1) is 0 Å². The van der Waals surface area contributed by atoms with E-state index in [1.165, 1.54) is 6.08 Å². The SMILES string of the molecule is C/C=C(C)/C=C/C=C(\C)c1ccc2c(c1)C(OS(=O)(=O)C(F)(F)F)=CCC2(C)C. The molecule has 1 aliphatic rings. The smallest absolute Gasteiger partial charge is 0.376 e. The summed E-state index contributed by atoms with van der Waals surface area (Å²) in [7, 11) is -5.74. The van der Waals surface area contributed by atoms with E-state index in [9.17, 15) is 21.6 Å². The van der Waals surface area contributed by atoms with Crippen molar-refractivity contribution < 1.29 is 25.8 Å². The minimum atomic E-state index is -5.74. The Morgan fingerprint density at radius 1 is 1.21 bits per heavy atom. The molecule has 0 atom stereocenters. The van der Waals surface area contributed by atoms with Crippen molar-refractivity contribution in [1.82, 2.24) is 0 Å². The number of benzene rings is 1. The predicted molar refractivity (Wildman–Crippen MR) is 110 cm³/mol. The molecule has 3 nitrogen and oxygen atoms in total. The van der Waals surface area contributed by atoms with E-state index in [0.717, 1.165) is 22.3 Å². The molecule has 0 saturated heterocycles. The molecule has 0 bridgehead atoms. The topological polar surface area (TPSA) is 43.4 Å². The Morgan fingerprint density at radius 3 is 2.45 bits per heavy atom. The minimum Gasteiger partial charge on any atom is -0.376 e. The standard InChI is InChI=1S/C22H25F3O3S/c1-6-15(2)8-7-9-16(3)17-10-11-19-18(14-17)20(12-13-21(19,4)5)28-29(26,27)22(23,24)25/h6-12,14H,13H2,1-5H3/b8-7+,15-6+,16-9+. The summed E-state index contributed by atoms with van der Waals surface area (Å²) in [5.41, 5.74) is -2.00. The first-order chi connectivity index (χ1) is 13.3. The summed E-state index contributed by atoms with van der Waals surface area (Å²) in [6, 6.07) is 5.37. The van der Waals surface area contributed by atoms with Crippen molar-refractivity contribution in [2.24, 2.45) is 0 Å². The third-order valence-corrected chi connectivity index (χ3v) is 5.88. The zero-order chi connectivity index (χ0) is 22.0. The molecule has 0 fully saturated rings. The fourth-order valence-corrected chi connectivity index (χ4v) is 3.42. The first kappa shape index (κ1) is 23.0. The molecule has 0 unspecified atom stereocenters. The van der Waals surface area contributed by atoms with Crippen molar-refractivity contribution in [1.29, 1.82) is 0 Å². The van der Waals surface area contributed by atoms with Gasteiger partial charge in [0.25, 0.3) is 0 Å². The van der Waals surface area contributed by atoms with Crippen LogP contribution in [0.25, 0.3) is 11.3 Å². The maximum absolute atomic E-state index is 12.8. The van der Waals surface area contributed by atoms with Crippen molar-refractivity contribution >= 4 is 21.5 Å². The highest BCUT2D eigenvalue weighted by molar-refractivity contribution is 7.87. The molecular weight excluding hydrogens is 401 g/mol. The molecule has 1 aromatic rings. The van der Waals surface area contributed by atoms with Gasteiger partial charge in [-0.15, -0.1) is 0 Å². The molecule has 158 valence electrons. The molecule has 0 N–H and O–H groups in total. The average molecular weight is 427 g/mol. The van der Waals surface area contributed by atoms with Crippen LogP contribution in [0.3, 0.4) is 0 Å². The van der Waals surface area contributed by atoms with E-state index < -0.39 is 15.6 Å². The van der Waals surface area contributed by atoms with E-state index in [4.69, 9.17) is 0 Å². The Morgan fingerprint density at radius 2 is 1.86 bits per heavy atom. The fraction of sp³-hybridized carbons (Fsp3) is 0.364. The van der Waals surface area contributed by atoms with Gasteiger partial charge in [-0.2, -0.15) is 21.6 Å². The van der Waals surface area contributed by atoms with Crippen molar-refractivity contribution in [3.8, 4) is 0 Å². The first-order valence-corrected chi connectivity index (χ1v) is 10.5. The van der Waals surface area contributed by atoms with E-state index in [0.29, 0.717) is 12.0 Å². The van der Waals surface area contributed by atoms with Crippen LogP contribution in [0.1, 0.15) is 57.7 Å². The lowest BCUT2D eigenvalue weighted by molar-refractivity contribution is -0.0509. The second kappa shape index (κ2) is 8.22. The summed E-state index contributed by atoms with van der Waals surface area (Å²) in [4.78, 5) is 0. The summed E-state index contributed by atoms with van der Waals surface area (Å²) in [5, 5.41) is 0. The lowest BCUT2D eigenvalue weighted by atomic mass is 9.74. The summed E-state index contributed by atoms with van der Waals surface area (Å²) in [6.07, 6.45) is 9.45. The van der Waals surface area contributed by atoms with E-state index in [-0.39, 0.29) is 11.2 Å². The zero-order valence-corrected chi connectivity index (χ0v) is 17.9. The largest absolute Gasteiger partial charge is 0.534 e. The van der Waals surface area contributed by atoms with E-state index >= 15 is 0 Å². The minimum absolute atomic E-state index is 0.286. The number of allylic oxidation sites excluding steroid dienone is 7. The third-order valence-electron chi connectivity index (χ3n) is 4.91. The van der Waals surface area contributed by atoms with Crippen LogP contribution in [0.4, 0.5) is 13.2 Å². The summed E-state index contributed by atoms with van der Waals surface area (Å²) in [5.74, 6) is -0.286. The lowest BCUT2D eigenvalue weighted by Gasteiger charge is -2.32. The summed E-state index contributed by atoms with van der Waals surface area (Å²) in [6.45, 7) is 9.67. The quantitative estimate of drug-likeness (QED) is 0.307. The van der Waals surface area contributed by atoms with Crippen molar-refractivity contribution in [3.63, 3.8) is 0 Å². The van der Waals surface area contributed by atoms with Gasteiger partial charge in [-0.05, 0) is 61.4 Å². The van der Waals surface area contributed by atoms with Crippen molar-refractivity contribution in [2.45, 2.75) is 52.0 Å². The highest BCUT2D eigenvalue weighted by Gasteiger charge is 2.49. The lowest BCUT2D eigenvalue weighted by Crippen LogP contribution is -2.27. The van der Waals surface area contributed by atoms with E-state index in [2.05, 4.69) is 4.18 Å². The van der Waals surface area contributed by atoms with Gasteiger partial charge in [-0.25, -0.2) is 0 Å². The Kier molecular flexibility index (Phi) is 6.52. The average Bonchev–Trinajstić information content (AvgIpc) is 2.62. The van der Waals surface area contributed by atoms with Crippen LogP contribution in [0.2, 0.25) is 0 Å². The second-order valence-electron chi connectivity index (χ2n) is 7.64. The number of alkyl halides is 3. The zero-order valence-electron chi connectivity index (χ0n) is 17.1. The van der Waals surface area contributed by atoms with Gasteiger partial charge in [-0.3, -0.25) is 0 Å². The molecule has 0 amide bonds. The number of halogens is 3. The molecule has 1 aromatic carbocycles. The highest BCUT2D eigenvalue weighted by atomic mass is 32.2. The van der Waals surface area contributed by atoms with Crippen LogP contribution < -0.4 is 0 Å². The summed E-state index contributed by atoms with van der Waals surface area (Å²) >= 11 is 0. The molecule has 0 heterocycles. The van der Waals surface area contributed by atoms with Crippen molar-refractivity contribution in [2.75, 3.05) is 0 Å². The van der Waals surface area contributed by atoms with Gasteiger partial charge in [0.2, 0.25) is 0 Å². The van der Waals surface area contributed by atoms with Gasteiger partial charge in [0.15, 0.2) is 0 Å². The number of rotatable bonds is 5. The van der Waals surface area contributed by atoms with E-state index in [1.807, 2.05) is 71.1 Å². The molecule has 0 aliphatic heterocycles. The normalized spacial score (nSPS) is 17.9. The molecule has 29 heavy (non-hydrogen) atoms. The Labute approximate surface area is 170 Å². The van der Waals surface area contributed by atoms with Gasteiger partial charge in [-0.1, -0.05) is 55.9 Å². The number of fused-ring (bicyclic) bond motifs is 1. The molecule has 0 spiro atoms. The van der Waals surface area contributed by atoms with Gasteiger partial charge in [0.1, 0.15) is 5.76 Å². The maximum atomic E-state index is 12.8. The van der Waals surface area contributed by atoms with Gasteiger partial charge >= 0.3 is 15.6 Å². The van der Waals surface area contributed by atoms with Crippen LogP contribution in [-0.2, 0) is 19.7 Å². The van der Waals surface area contributed by atoms with Gasteiger partial charge < -0.3 is 4.18 Å². The molecule has 1 aliphatic carbocycles. The second-order valence-corrected chi connectivity index (χ2v) is 9.18. The first-order valence-electron chi connectivity index (χ1n) is 9.12. The Balaban J connectivity index is 2.49. The third kappa shape index (κ3) is 5.21. The molecular formula is C22H25F3O3S. The van der Waals surface area contributed by atoms with Gasteiger partial charge in [0, 0.05) is 5.56 Å². The van der Waals surface area contributed by atoms with Crippen molar-refractivity contribution in [3.05, 3.63) is 70.8 Å². The molecule has 0 aromatic heterocycles. The number of hydrogen-bond donors (Lipinski definition) is 0. The maximum Gasteiger partial charge on any atom is 0.534 e. The molecule has 0 radical (unpaired) electrons. The highest BCUT2D eigenvalue weighted by Crippen LogP contribution is 2.42. The molecule has 7 heteroatoms. The van der Waals surface area contributed by atoms with Crippen LogP contribution in [-0.4, -0.2) is 13.9 Å². The molecule has 2 rings (SSSR count). The van der Waals surface area contributed by atoms with Gasteiger partial charge in [0.05, 0.1) is 0 Å². The predicted octanol–water partition coefficient (Wildman–Crippen LogP) is 6.50. The fourth-order valence-electron chi connectivity index (χ4n) is 2.93. The van der Waals surface area contributed by atoms with Crippen LogP contribution in [0.5, 0.6) is 0 Å². The summed E-state index contributed by atoms with van der Waals surface area (Å²) < 4.78 is 65.9. The Hall–Kier alpha value is -2.28. The van der Waals surface area contributed by atoms with E-state index in [1.54, 1.807) is 6.07 Å². The van der Waals surface area contributed by atoms with Crippen LogP contribution in [0.15, 0.2) is 54.2 Å². The van der Waals surface area contributed by atoms with Crippen LogP contribution >= 0.6 is 0 Å². The number of hydrogen-bond acceptors (Lipinski definition) is 3. The monoisotopic (exact) mass is 426 g/mol. The Bertz CT molecular complexity index is 1010. The molecule has 0 saturated carbocycles.